The highest BCUT2D eigenvalue weighted by molar-refractivity contribution is 5.86. The molecule has 0 atom stereocenters. The van der Waals surface area contributed by atoms with Gasteiger partial charge in [-0.2, -0.15) is 0 Å². The van der Waals surface area contributed by atoms with Crippen LogP contribution in [-0.4, -0.2) is 18.7 Å². The lowest BCUT2D eigenvalue weighted by atomic mass is 9.90. The SMILES string of the molecule is CCOC(=O)Oc1ccc(C)c(C)c1-c1c(OC(C)=O)ccc(C)c1C. The molecule has 0 radical (unpaired) electrons. The first-order valence-corrected chi connectivity index (χ1v) is 8.50. The second-order valence-corrected chi connectivity index (χ2v) is 6.14. The molecule has 0 aliphatic rings. The maximum atomic E-state index is 11.9. The van der Waals surface area contributed by atoms with E-state index in [1.54, 1.807) is 19.1 Å². The van der Waals surface area contributed by atoms with E-state index >= 15 is 0 Å². The fourth-order valence-electron chi connectivity index (χ4n) is 2.77. The molecule has 26 heavy (non-hydrogen) atoms. The number of hydrogen-bond donors (Lipinski definition) is 0. The van der Waals surface area contributed by atoms with E-state index in [0.717, 1.165) is 33.4 Å². The Bertz CT molecular complexity index is 852. The number of aryl methyl sites for hydroxylation is 2. The quantitative estimate of drug-likeness (QED) is 0.436. The van der Waals surface area contributed by atoms with Crippen LogP contribution in [0.25, 0.3) is 11.1 Å². The highest BCUT2D eigenvalue weighted by Crippen LogP contribution is 2.43. The number of ether oxygens (including phenoxy) is 3. The third kappa shape index (κ3) is 4.04. The van der Waals surface area contributed by atoms with Gasteiger partial charge in [-0.05, 0) is 69.0 Å². The standard InChI is InChI=1S/C21H24O5/c1-7-24-21(23)26-18-11-9-13(3)15(5)20(18)19-14(4)12(2)8-10-17(19)25-16(6)22/h8-11H,7H2,1-6H3. The van der Waals surface area contributed by atoms with Gasteiger partial charge in [0.1, 0.15) is 11.5 Å². The maximum absolute atomic E-state index is 11.9. The van der Waals surface area contributed by atoms with Gasteiger partial charge in [-0.25, -0.2) is 4.79 Å². The Hall–Kier alpha value is -2.82. The zero-order chi connectivity index (χ0) is 19.4. The fourth-order valence-corrected chi connectivity index (χ4v) is 2.77. The van der Waals surface area contributed by atoms with Gasteiger partial charge in [0, 0.05) is 18.1 Å². The van der Waals surface area contributed by atoms with Crippen molar-refractivity contribution >= 4 is 12.1 Å². The molecule has 0 spiro atoms. The van der Waals surface area contributed by atoms with Crippen molar-refractivity contribution in [3.8, 4) is 22.6 Å². The highest BCUT2D eigenvalue weighted by Gasteiger charge is 2.22. The first-order chi connectivity index (χ1) is 12.3. The molecule has 0 heterocycles. The Morgan fingerprint density at radius 1 is 0.808 bits per heavy atom. The Morgan fingerprint density at radius 2 is 1.27 bits per heavy atom. The van der Waals surface area contributed by atoms with E-state index < -0.39 is 12.1 Å². The van der Waals surface area contributed by atoms with Crippen molar-refractivity contribution in [2.75, 3.05) is 6.61 Å². The van der Waals surface area contributed by atoms with Crippen molar-refractivity contribution in [2.24, 2.45) is 0 Å². The topological polar surface area (TPSA) is 61.8 Å². The number of carbonyl (C=O) groups excluding carboxylic acids is 2. The first kappa shape index (κ1) is 19.5. The third-order valence-corrected chi connectivity index (χ3v) is 4.35. The molecule has 0 bridgehead atoms. The second-order valence-electron chi connectivity index (χ2n) is 6.14. The maximum Gasteiger partial charge on any atom is 0.513 e. The molecule has 0 N–H and O–H groups in total. The van der Waals surface area contributed by atoms with Crippen molar-refractivity contribution in [1.29, 1.82) is 0 Å². The summed E-state index contributed by atoms with van der Waals surface area (Å²) < 4.78 is 15.8. The zero-order valence-corrected chi connectivity index (χ0v) is 16.1. The molecular weight excluding hydrogens is 332 g/mol. The Balaban J connectivity index is 2.74. The van der Waals surface area contributed by atoms with Crippen molar-refractivity contribution in [3.05, 3.63) is 46.5 Å². The monoisotopic (exact) mass is 356 g/mol. The highest BCUT2D eigenvalue weighted by atomic mass is 16.7. The molecule has 0 saturated heterocycles. The summed E-state index contributed by atoms with van der Waals surface area (Å²) in [7, 11) is 0. The summed E-state index contributed by atoms with van der Waals surface area (Å²) in [6.45, 7) is 11.2. The summed E-state index contributed by atoms with van der Waals surface area (Å²) in [4.78, 5) is 23.4. The molecule has 0 unspecified atom stereocenters. The molecule has 0 fully saturated rings. The van der Waals surface area contributed by atoms with E-state index in [2.05, 4.69) is 0 Å². The summed E-state index contributed by atoms with van der Waals surface area (Å²) in [6.07, 6.45) is -0.767. The molecule has 2 aromatic rings. The minimum Gasteiger partial charge on any atom is -0.434 e. The fraction of sp³-hybridized carbons (Fsp3) is 0.333. The van der Waals surface area contributed by atoms with E-state index in [1.807, 2.05) is 39.8 Å². The predicted molar refractivity (Wildman–Crippen MR) is 99.8 cm³/mol. The van der Waals surface area contributed by atoms with Crippen LogP contribution in [0.3, 0.4) is 0 Å². The van der Waals surface area contributed by atoms with E-state index in [9.17, 15) is 9.59 Å². The Kier molecular flexibility index (Phi) is 6.03. The van der Waals surface area contributed by atoms with E-state index in [4.69, 9.17) is 14.2 Å². The van der Waals surface area contributed by atoms with Gasteiger partial charge in [0.05, 0.1) is 6.61 Å². The lowest BCUT2D eigenvalue weighted by molar-refractivity contribution is -0.131. The summed E-state index contributed by atoms with van der Waals surface area (Å²) >= 11 is 0. The summed E-state index contributed by atoms with van der Waals surface area (Å²) in [5.41, 5.74) is 5.42. The molecular formula is C21H24O5. The zero-order valence-electron chi connectivity index (χ0n) is 16.1. The van der Waals surface area contributed by atoms with Crippen LogP contribution in [0.1, 0.15) is 36.1 Å². The third-order valence-electron chi connectivity index (χ3n) is 4.35. The average Bonchev–Trinajstić information content (AvgIpc) is 2.56. The molecule has 138 valence electrons. The van der Waals surface area contributed by atoms with Crippen LogP contribution < -0.4 is 9.47 Å². The van der Waals surface area contributed by atoms with Crippen LogP contribution >= 0.6 is 0 Å². The molecule has 0 aliphatic carbocycles. The van der Waals surface area contributed by atoms with Crippen LogP contribution in [0.15, 0.2) is 24.3 Å². The lowest BCUT2D eigenvalue weighted by Crippen LogP contribution is -2.12. The number of benzene rings is 2. The van der Waals surface area contributed by atoms with Gasteiger partial charge >= 0.3 is 12.1 Å². The second kappa shape index (κ2) is 8.04. The molecule has 0 aliphatic heterocycles. The minimum absolute atomic E-state index is 0.223. The van der Waals surface area contributed by atoms with Gasteiger partial charge < -0.3 is 14.2 Å². The number of hydrogen-bond acceptors (Lipinski definition) is 5. The van der Waals surface area contributed by atoms with E-state index in [-0.39, 0.29) is 6.61 Å². The minimum atomic E-state index is -0.767. The molecule has 5 nitrogen and oxygen atoms in total. The lowest BCUT2D eigenvalue weighted by Gasteiger charge is -2.20. The van der Waals surface area contributed by atoms with Crippen molar-refractivity contribution in [1.82, 2.24) is 0 Å². The Morgan fingerprint density at radius 3 is 1.69 bits per heavy atom. The average molecular weight is 356 g/mol. The van der Waals surface area contributed by atoms with Gasteiger partial charge in [-0.1, -0.05) is 12.1 Å². The number of carbonyl (C=O) groups is 2. The Labute approximate surface area is 153 Å². The van der Waals surface area contributed by atoms with Gasteiger partial charge in [0.15, 0.2) is 0 Å². The van der Waals surface area contributed by atoms with Crippen LogP contribution in [0.5, 0.6) is 11.5 Å². The normalized spacial score (nSPS) is 10.4. The van der Waals surface area contributed by atoms with Crippen LogP contribution in [0.4, 0.5) is 4.79 Å². The number of esters is 1. The van der Waals surface area contributed by atoms with E-state index in [1.165, 1.54) is 6.92 Å². The summed E-state index contributed by atoms with van der Waals surface area (Å²) in [6, 6.07) is 7.26. The van der Waals surface area contributed by atoms with Gasteiger partial charge in [0.2, 0.25) is 0 Å². The van der Waals surface area contributed by atoms with Crippen LogP contribution in [0.2, 0.25) is 0 Å². The molecule has 0 amide bonds. The molecule has 0 saturated carbocycles. The number of rotatable bonds is 4. The van der Waals surface area contributed by atoms with Gasteiger partial charge in [-0.3, -0.25) is 4.79 Å². The molecule has 0 aromatic heterocycles. The van der Waals surface area contributed by atoms with Crippen molar-refractivity contribution in [2.45, 2.75) is 41.5 Å². The van der Waals surface area contributed by atoms with Gasteiger partial charge in [0.25, 0.3) is 0 Å². The van der Waals surface area contributed by atoms with Crippen LogP contribution in [0, 0.1) is 27.7 Å². The largest absolute Gasteiger partial charge is 0.513 e. The molecule has 2 rings (SSSR count). The summed E-state index contributed by atoms with van der Waals surface area (Å²) in [5, 5.41) is 0. The smallest absolute Gasteiger partial charge is 0.434 e. The van der Waals surface area contributed by atoms with Crippen LogP contribution in [-0.2, 0) is 9.53 Å². The molecule has 2 aromatic carbocycles. The van der Waals surface area contributed by atoms with Crippen molar-refractivity contribution in [3.63, 3.8) is 0 Å². The predicted octanol–water partition coefficient (Wildman–Crippen LogP) is 5.05. The van der Waals surface area contributed by atoms with E-state index in [0.29, 0.717) is 11.5 Å². The van der Waals surface area contributed by atoms with Gasteiger partial charge in [-0.15, -0.1) is 0 Å². The van der Waals surface area contributed by atoms with Crippen molar-refractivity contribution < 1.29 is 23.8 Å². The molecule has 5 heteroatoms. The first-order valence-electron chi connectivity index (χ1n) is 8.50. The summed E-state index contributed by atoms with van der Waals surface area (Å²) in [5.74, 6) is 0.393.